The van der Waals surface area contributed by atoms with Gasteiger partial charge in [-0.15, -0.1) is 0 Å². The molecule has 0 aliphatic carbocycles. The molecule has 0 spiro atoms. The lowest BCUT2D eigenvalue weighted by molar-refractivity contribution is 0.0624. The van der Waals surface area contributed by atoms with Crippen LogP contribution in [0.1, 0.15) is 201 Å². The summed E-state index contributed by atoms with van der Waals surface area (Å²) in [4.78, 5) is 163. The summed E-state index contributed by atoms with van der Waals surface area (Å²) in [6.45, 7) is 6.71. The molecule has 6 aliphatic rings. The van der Waals surface area contributed by atoms with Crippen LogP contribution in [0.15, 0.2) is 297 Å². The Morgan fingerprint density at radius 1 is 0.203 bits per heavy atom. The van der Waals surface area contributed by atoms with E-state index in [0.717, 1.165) is 94.1 Å². The van der Waals surface area contributed by atoms with Crippen LogP contribution in [0, 0.1) is 35.5 Å². The van der Waals surface area contributed by atoms with E-state index in [1.807, 2.05) is 91.0 Å². The first-order valence-electron chi connectivity index (χ1n) is 49.4. The van der Waals surface area contributed by atoms with E-state index in [9.17, 15) is 57.5 Å². The molecule has 12 aromatic rings. The molecule has 0 N–H and O–H groups in total. The summed E-state index contributed by atoms with van der Waals surface area (Å²) in [5.74, 6) is 2.42. The summed E-state index contributed by atoms with van der Waals surface area (Å²) in [5.41, 5.74) is 7.46. The maximum atomic E-state index is 12.9. The van der Waals surface area contributed by atoms with E-state index < -0.39 is 0 Å². The van der Waals surface area contributed by atoms with Crippen molar-refractivity contribution in [3.05, 3.63) is 394 Å². The SMILES string of the molecule is COc1ccc(C(=O)C2CCCN(C(=O)c3ccc(Cl)cc3)C2)cc1.COc1ccc(C(=O)C2CCCN(C(=O)c3ccc(OC)cc3)C2)cc1.COc1ccc(C(=O)N2CCCC(C(=O)c3ccccc3)C2)cc1OC.O=C(c1cccc(Cl)c1)C1CCCN(C(=O)c2ccc(Cl)cc2)C1.O=C(c1ccccc1)C1CCCN(C(=O)c2ccc(Cl)c(Cl)c2)C1.O=C(c1ccccc1)C1CCCN(C(=O)c2cccc(Cl)c2)C1. The molecule has 29 heteroatoms. The number of piperidine rings is 6. The highest BCUT2D eigenvalue weighted by Gasteiger charge is 2.37. The molecule has 18 rings (SSSR count). The van der Waals surface area contributed by atoms with Gasteiger partial charge >= 0.3 is 0 Å². The third-order valence-corrected chi connectivity index (χ3v) is 28.6. The lowest BCUT2D eigenvalue weighted by atomic mass is 9.89. The van der Waals surface area contributed by atoms with Crippen LogP contribution < -0.4 is 23.7 Å². The van der Waals surface area contributed by atoms with E-state index in [0.29, 0.717) is 187 Å². The van der Waals surface area contributed by atoms with Crippen molar-refractivity contribution >= 4 is 140 Å². The summed E-state index contributed by atoms with van der Waals surface area (Å²) in [6, 6.07) is 86.8. The Hall–Kier alpha value is -13.8. The number of nitrogens with zero attached hydrogens (tertiary/aromatic N) is 6. The number of rotatable bonds is 23. The molecule has 0 saturated carbocycles. The van der Waals surface area contributed by atoms with Gasteiger partial charge in [0.2, 0.25) is 0 Å². The van der Waals surface area contributed by atoms with Gasteiger partial charge in [0.05, 0.1) is 45.6 Å². The number of methoxy groups -OCH3 is 5. The fraction of sp³-hybridized carbons (Fsp3) is 0.294. The fourth-order valence-electron chi connectivity index (χ4n) is 18.9. The Kier molecular flexibility index (Phi) is 41.6. The number of benzene rings is 12. The van der Waals surface area contributed by atoms with E-state index in [-0.39, 0.29) is 106 Å². The Labute approximate surface area is 893 Å². The molecule has 148 heavy (non-hydrogen) atoms. The summed E-state index contributed by atoms with van der Waals surface area (Å²) >= 11 is 35.6. The molecule has 0 bridgehead atoms. The minimum absolute atomic E-state index is 0.0418. The van der Waals surface area contributed by atoms with Crippen molar-refractivity contribution in [2.24, 2.45) is 35.5 Å². The van der Waals surface area contributed by atoms with Crippen molar-refractivity contribution in [3.8, 4) is 28.7 Å². The molecule has 6 heterocycles. The quantitative estimate of drug-likeness (QED) is 0.0538. The van der Waals surface area contributed by atoms with Crippen molar-refractivity contribution in [2.45, 2.75) is 77.0 Å². The smallest absolute Gasteiger partial charge is 0.254 e. The molecule has 6 saturated heterocycles. The molecule has 6 atom stereocenters. The van der Waals surface area contributed by atoms with Crippen LogP contribution in [-0.2, 0) is 0 Å². The van der Waals surface area contributed by atoms with Gasteiger partial charge in [0.15, 0.2) is 46.2 Å². The van der Waals surface area contributed by atoms with Crippen LogP contribution in [0.3, 0.4) is 0 Å². The average molecular weight is 2120 g/mol. The van der Waals surface area contributed by atoms with Crippen LogP contribution in [0.4, 0.5) is 0 Å². The van der Waals surface area contributed by atoms with Gasteiger partial charge in [0.1, 0.15) is 17.2 Å². The molecule has 768 valence electrons. The predicted molar refractivity (Wildman–Crippen MR) is 578 cm³/mol. The first-order valence-corrected chi connectivity index (χ1v) is 51.6. The van der Waals surface area contributed by atoms with E-state index in [4.69, 9.17) is 93.3 Å². The Morgan fingerprint density at radius 3 is 0.716 bits per heavy atom. The molecule has 0 radical (unpaired) electrons. The van der Waals surface area contributed by atoms with Gasteiger partial charge in [0, 0.05) is 201 Å². The summed E-state index contributed by atoms with van der Waals surface area (Å²) in [5, 5.41) is 3.07. The molecular formula is C119H118Cl6N6O17. The molecule has 0 aromatic heterocycles. The van der Waals surface area contributed by atoms with Crippen LogP contribution >= 0.6 is 69.6 Å². The van der Waals surface area contributed by atoms with Gasteiger partial charge in [-0.1, -0.05) is 179 Å². The number of carbonyl (C=O) groups is 12. The van der Waals surface area contributed by atoms with Crippen molar-refractivity contribution in [3.63, 3.8) is 0 Å². The number of hydrogen-bond acceptors (Lipinski definition) is 17. The number of amides is 6. The number of carbonyl (C=O) groups excluding carboxylic acids is 12. The van der Waals surface area contributed by atoms with E-state index in [1.54, 1.807) is 271 Å². The minimum atomic E-state index is -0.187. The van der Waals surface area contributed by atoms with Gasteiger partial charge in [-0.2, -0.15) is 0 Å². The second kappa shape index (κ2) is 55.3. The third-order valence-electron chi connectivity index (χ3n) is 26.9. The number of ketones is 6. The molecule has 12 aromatic carbocycles. The number of halogens is 6. The molecule has 6 amide bonds. The van der Waals surface area contributed by atoms with Gasteiger partial charge in [0.25, 0.3) is 35.4 Å². The molecule has 6 aliphatic heterocycles. The van der Waals surface area contributed by atoms with Crippen LogP contribution in [0.5, 0.6) is 28.7 Å². The standard InChI is InChI=1S/2C21H23NO4.C20H20ClNO3.2C19H17Cl2NO2.C19H18ClNO2/c1-25-18-9-5-15(6-10-18)20(23)17-4-3-13-22(14-17)21(24)16-7-11-19(26-2)12-8-16;1-25-18-11-10-16(13-19(18)26-2)21(24)22-12-6-9-17(14-22)20(23)15-7-4-3-5-8-15;1-25-18-10-6-14(7-11-18)19(23)16-3-2-12-22(13-16)20(24)15-4-8-17(21)9-5-15;20-16-8-6-13(7-9-16)19(24)22-10-2-4-15(12-22)18(23)14-3-1-5-17(21)11-14;20-16-9-8-14(11-17(16)21)19(24)22-10-4-7-15(12-22)18(23)13-5-2-1-3-6-13;20-17-10-4-8-15(12-17)19(23)21-11-5-9-16(13-21)18(22)14-6-2-1-3-7-14/h5-12,17H,3-4,13-14H2,1-2H3;3-5,7-8,10-11,13,17H,6,9,12,14H2,1-2H3;4-11,16H,2-3,12-13H2,1H3;1,3,5-9,11,15H,2,4,10,12H2;1-3,5-6,8-9,11,15H,4,7,10,12H2;1-4,6-8,10,12,16H,5,9,11,13H2. The highest BCUT2D eigenvalue weighted by atomic mass is 35.5. The number of hydrogen-bond donors (Lipinski definition) is 0. The average Bonchev–Trinajstić information content (AvgIpc) is 0.784. The normalized spacial score (nSPS) is 17.3. The maximum Gasteiger partial charge on any atom is 0.254 e. The van der Waals surface area contributed by atoms with Crippen molar-refractivity contribution in [2.75, 3.05) is 114 Å². The molecule has 6 fully saturated rings. The van der Waals surface area contributed by atoms with Crippen molar-refractivity contribution < 1.29 is 81.2 Å². The van der Waals surface area contributed by atoms with Crippen molar-refractivity contribution in [1.82, 2.24) is 29.4 Å². The van der Waals surface area contributed by atoms with Crippen LogP contribution in [0.25, 0.3) is 0 Å². The molecule has 23 nitrogen and oxygen atoms in total. The summed E-state index contributed by atoms with van der Waals surface area (Å²) < 4.78 is 25.9. The highest BCUT2D eigenvalue weighted by molar-refractivity contribution is 6.42. The monoisotopic (exact) mass is 2110 g/mol. The van der Waals surface area contributed by atoms with Crippen LogP contribution in [0.2, 0.25) is 30.1 Å². The fourth-order valence-corrected chi connectivity index (χ4v) is 19.8. The Morgan fingerprint density at radius 2 is 0.432 bits per heavy atom. The van der Waals surface area contributed by atoms with Gasteiger partial charge in [-0.3, -0.25) is 57.5 Å². The van der Waals surface area contributed by atoms with E-state index in [1.165, 1.54) is 0 Å². The lowest BCUT2D eigenvalue weighted by Gasteiger charge is -2.32. The first kappa shape index (κ1) is 111. The zero-order chi connectivity index (χ0) is 105. The largest absolute Gasteiger partial charge is 0.497 e. The molecule has 6 unspecified atom stereocenters. The zero-order valence-corrected chi connectivity index (χ0v) is 87.7. The second-order valence-electron chi connectivity index (χ2n) is 36.7. The van der Waals surface area contributed by atoms with Gasteiger partial charge in [-0.05, 0) is 265 Å². The van der Waals surface area contributed by atoms with E-state index >= 15 is 0 Å². The Balaban J connectivity index is 0.000000148. The predicted octanol–water partition coefficient (Wildman–Crippen LogP) is 24.5. The highest BCUT2D eigenvalue weighted by Crippen LogP contribution is 2.35. The maximum absolute atomic E-state index is 12.9. The topological polar surface area (TPSA) is 270 Å². The second-order valence-corrected chi connectivity index (χ2v) is 39.3. The lowest BCUT2D eigenvalue weighted by Crippen LogP contribution is -2.42. The molecular weight excluding hydrogens is 2000 g/mol. The van der Waals surface area contributed by atoms with E-state index in [2.05, 4.69) is 0 Å². The third kappa shape index (κ3) is 30.7. The minimum Gasteiger partial charge on any atom is -0.497 e. The summed E-state index contributed by atoms with van der Waals surface area (Å²) in [7, 11) is 7.89. The number of Topliss-reactive ketones (excluding diaryl/α,β-unsaturated/α-hetero) is 6. The zero-order valence-electron chi connectivity index (χ0n) is 83.1. The first-order chi connectivity index (χ1) is 71.6. The summed E-state index contributed by atoms with van der Waals surface area (Å²) in [6.07, 6.45) is 9.78. The number of ether oxygens (including phenoxy) is 5. The van der Waals surface area contributed by atoms with Crippen LogP contribution in [-0.4, -0.2) is 214 Å². The number of likely N-dealkylation sites (tertiary alicyclic amines) is 6. The van der Waals surface area contributed by atoms with Crippen molar-refractivity contribution in [1.29, 1.82) is 0 Å². The van der Waals surface area contributed by atoms with Gasteiger partial charge < -0.3 is 53.1 Å². The Bertz CT molecular complexity index is 6530. The van der Waals surface area contributed by atoms with Gasteiger partial charge in [-0.25, -0.2) is 0 Å².